The minimum absolute atomic E-state index is 0.00573. The molecule has 1 aliphatic carbocycles. The Morgan fingerprint density at radius 3 is 2.46 bits per heavy atom. The predicted molar refractivity (Wildman–Crippen MR) is 114 cm³/mol. The maximum atomic E-state index is 12.5. The first-order valence-corrected chi connectivity index (χ1v) is 11.0. The van der Waals surface area contributed by atoms with Gasteiger partial charge in [0.15, 0.2) is 5.82 Å². The van der Waals surface area contributed by atoms with Crippen molar-refractivity contribution < 1.29 is 4.79 Å². The molecule has 3 rings (SSSR count). The van der Waals surface area contributed by atoms with Crippen LogP contribution in [-0.4, -0.2) is 33.1 Å². The van der Waals surface area contributed by atoms with Gasteiger partial charge in [0, 0.05) is 17.4 Å². The summed E-state index contributed by atoms with van der Waals surface area (Å²) >= 11 is 1.33. The van der Waals surface area contributed by atoms with E-state index in [4.69, 9.17) is 5.84 Å². The second-order valence-corrected chi connectivity index (χ2v) is 9.64. The number of nitrogens with zero attached hydrogens (tertiary/aromatic N) is 3. The minimum Gasteiger partial charge on any atom is -0.354 e. The number of carbonyl (C=O) groups is 1. The van der Waals surface area contributed by atoms with Crippen LogP contribution >= 0.6 is 11.8 Å². The van der Waals surface area contributed by atoms with Gasteiger partial charge in [0.2, 0.25) is 11.1 Å². The highest BCUT2D eigenvalue weighted by Crippen LogP contribution is 2.39. The summed E-state index contributed by atoms with van der Waals surface area (Å²) < 4.78 is 1.49. The van der Waals surface area contributed by atoms with Gasteiger partial charge in [0.05, 0.1) is 5.75 Å². The quantitative estimate of drug-likeness (QED) is 0.572. The van der Waals surface area contributed by atoms with Crippen LogP contribution in [0.3, 0.4) is 0 Å². The lowest BCUT2D eigenvalue weighted by molar-refractivity contribution is -0.118. The maximum Gasteiger partial charge on any atom is 0.230 e. The molecule has 0 saturated heterocycles. The second kappa shape index (κ2) is 8.55. The Labute approximate surface area is 171 Å². The number of hydrogen-bond donors (Lipinski definition) is 2. The van der Waals surface area contributed by atoms with Crippen LogP contribution in [-0.2, 0) is 15.6 Å². The SMILES string of the molecule is CC(C)(C)c1nnc(SCC(=O)NCC2(c3ccccc3)CCCCC2)n1N. The van der Waals surface area contributed by atoms with E-state index in [0.29, 0.717) is 17.5 Å². The molecule has 1 heterocycles. The number of nitrogens with two attached hydrogens (primary N) is 1. The zero-order valence-electron chi connectivity index (χ0n) is 17.1. The summed E-state index contributed by atoms with van der Waals surface area (Å²) in [6, 6.07) is 10.6. The van der Waals surface area contributed by atoms with Gasteiger partial charge in [-0.1, -0.05) is 82.1 Å². The molecule has 1 fully saturated rings. The Morgan fingerprint density at radius 2 is 1.86 bits per heavy atom. The summed E-state index contributed by atoms with van der Waals surface area (Å²) in [4.78, 5) is 12.5. The van der Waals surface area contributed by atoms with Crippen molar-refractivity contribution in [2.24, 2.45) is 0 Å². The van der Waals surface area contributed by atoms with Crippen molar-refractivity contribution in [2.75, 3.05) is 18.1 Å². The Balaban J connectivity index is 1.59. The number of nitrogens with one attached hydrogen (secondary N) is 1. The van der Waals surface area contributed by atoms with E-state index in [1.54, 1.807) is 0 Å². The van der Waals surface area contributed by atoms with E-state index in [9.17, 15) is 4.79 Å². The number of benzene rings is 1. The molecule has 0 atom stereocenters. The summed E-state index contributed by atoms with van der Waals surface area (Å²) in [7, 11) is 0. The standard InChI is InChI=1S/C21H31N5OS/c1-20(2,3)18-24-25-19(26(18)22)28-14-17(27)23-15-21(12-8-5-9-13-21)16-10-6-4-7-11-16/h4,6-7,10-11H,5,8-9,12-15,22H2,1-3H3,(H,23,27). The van der Waals surface area contributed by atoms with Crippen molar-refractivity contribution in [3.63, 3.8) is 0 Å². The van der Waals surface area contributed by atoms with E-state index in [-0.39, 0.29) is 22.5 Å². The third-order valence-corrected chi connectivity index (χ3v) is 6.43. The second-order valence-electron chi connectivity index (χ2n) is 8.70. The van der Waals surface area contributed by atoms with Gasteiger partial charge >= 0.3 is 0 Å². The van der Waals surface area contributed by atoms with E-state index in [2.05, 4.69) is 39.8 Å². The fraction of sp³-hybridized carbons (Fsp3) is 0.571. The number of amides is 1. The molecular formula is C21H31N5OS. The van der Waals surface area contributed by atoms with Gasteiger partial charge in [-0.2, -0.15) is 0 Å². The monoisotopic (exact) mass is 401 g/mol. The summed E-state index contributed by atoms with van der Waals surface area (Å²) in [6.45, 7) is 6.79. The van der Waals surface area contributed by atoms with Crippen LogP contribution in [0.4, 0.5) is 0 Å². The van der Waals surface area contributed by atoms with Crippen LogP contribution < -0.4 is 11.2 Å². The topological polar surface area (TPSA) is 85.8 Å². The largest absolute Gasteiger partial charge is 0.354 e. The molecular weight excluding hydrogens is 370 g/mol. The van der Waals surface area contributed by atoms with Crippen LogP contribution in [0.1, 0.15) is 64.3 Å². The van der Waals surface area contributed by atoms with Gasteiger partial charge in [-0.25, -0.2) is 4.68 Å². The Morgan fingerprint density at radius 1 is 1.18 bits per heavy atom. The van der Waals surface area contributed by atoms with Gasteiger partial charge in [0.1, 0.15) is 0 Å². The molecule has 28 heavy (non-hydrogen) atoms. The Kier molecular flexibility index (Phi) is 6.33. The van der Waals surface area contributed by atoms with E-state index in [1.807, 2.05) is 26.8 Å². The van der Waals surface area contributed by atoms with Crippen molar-refractivity contribution >= 4 is 17.7 Å². The lowest BCUT2D eigenvalue weighted by Gasteiger charge is -2.38. The van der Waals surface area contributed by atoms with Gasteiger partial charge in [0.25, 0.3) is 0 Å². The highest BCUT2D eigenvalue weighted by atomic mass is 32.2. The van der Waals surface area contributed by atoms with Crippen LogP contribution in [0.15, 0.2) is 35.5 Å². The fourth-order valence-corrected chi connectivity index (χ4v) is 4.61. The lowest BCUT2D eigenvalue weighted by atomic mass is 9.69. The van der Waals surface area contributed by atoms with Gasteiger partial charge in [-0.05, 0) is 18.4 Å². The van der Waals surface area contributed by atoms with Crippen molar-refractivity contribution in [3.8, 4) is 0 Å². The molecule has 0 bridgehead atoms. The summed E-state index contributed by atoms with van der Waals surface area (Å²) in [5.41, 5.74) is 1.19. The number of nitrogen functional groups attached to an aromatic ring is 1. The number of aromatic nitrogens is 3. The van der Waals surface area contributed by atoms with E-state index in [1.165, 1.54) is 41.3 Å². The number of hydrogen-bond acceptors (Lipinski definition) is 5. The molecule has 3 N–H and O–H groups in total. The molecule has 0 unspecified atom stereocenters. The van der Waals surface area contributed by atoms with Crippen molar-refractivity contribution in [3.05, 3.63) is 41.7 Å². The molecule has 6 nitrogen and oxygen atoms in total. The van der Waals surface area contributed by atoms with Crippen molar-refractivity contribution in [2.45, 2.75) is 68.9 Å². The fourth-order valence-electron chi connectivity index (χ4n) is 3.92. The molecule has 7 heteroatoms. The Bertz CT molecular complexity index is 791. The molecule has 0 radical (unpaired) electrons. The minimum atomic E-state index is -0.189. The zero-order valence-corrected chi connectivity index (χ0v) is 17.9. The van der Waals surface area contributed by atoms with Crippen molar-refractivity contribution in [1.29, 1.82) is 0 Å². The highest BCUT2D eigenvalue weighted by molar-refractivity contribution is 7.99. The Hall–Kier alpha value is -2.02. The molecule has 2 aromatic rings. The first-order valence-electron chi connectivity index (χ1n) is 9.98. The molecule has 1 saturated carbocycles. The summed E-state index contributed by atoms with van der Waals surface area (Å²) in [6.07, 6.45) is 5.95. The van der Waals surface area contributed by atoms with E-state index in [0.717, 1.165) is 12.8 Å². The average molecular weight is 402 g/mol. The lowest BCUT2D eigenvalue weighted by Crippen LogP contribution is -2.42. The molecule has 1 amide bonds. The van der Waals surface area contributed by atoms with Crippen LogP contribution in [0, 0.1) is 0 Å². The number of rotatable bonds is 6. The van der Waals surface area contributed by atoms with Crippen LogP contribution in [0.25, 0.3) is 0 Å². The highest BCUT2D eigenvalue weighted by Gasteiger charge is 2.34. The normalized spacial score (nSPS) is 16.7. The molecule has 1 aromatic carbocycles. The third kappa shape index (κ3) is 4.69. The first-order chi connectivity index (χ1) is 13.3. The maximum absolute atomic E-state index is 12.5. The molecule has 1 aromatic heterocycles. The van der Waals surface area contributed by atoms with Crippen molar-refractivity contribution in [1.82, 2.24) is 20.2 Å². The number of thioether (sulfide) groups is 1. The first kappa shape index (κ1) is 20.7. The zero-order chi connectivity index (χ0) is 20.2. The molecule has 152 valence electrons. The van der Waals surface area contributed by atoms with Gasteiger partial charge in [-0.15, -0.1) is 10.2 Å². The van der Waals surface area contributed by atoms with Crippen LogP contribution in [0.5, 0.6) is 0 Å². The average Bonchev–Trinajstić information content (AvgIpc) is 3.07. The summed E-state index contributed by atoms with van der Waals surface area (Å²) in [5.74, 6) is 7.10. The van der Waals surface area contributed by atoms with Crippen LogP contribution in [0.2, 0.25) is 0 Å². The van der Waals surface area contributed by atoms with Gasteiger partial charge in [-0.3, -0.25) is 4.79 Å². The molecule has 0 aliphatic heterocycles. The molecule has 0 spiro atoms. The smallest absolute Gasteiger partial charge is 0.230 e. The van der Waals surface area contributed by atoms with E-state index >= 15 is 0 Å². The van der Waals surface area contributed by atoms with Gasteiger partial charge < -0.3 is 11.2 Å². The number of carbonyl (C=O) groups excluding carboxylic acids is 1. The predicted octanol–water partition coefficient (Wildman–Crippen LogP) is 3.40. The molecule has 1 aliphatic rings. The summed E-state index contributed by atoms with van der Waals surface area (Å²) in [5, 5.41) is 12.0. The van der Waals surface area contributed by atoms with E-state index < -0.39 is 0 Å². The third-order valence-electron chi connectivity index (χ3n) is 5.49.